The van der Waals surface area contributed by atoms with Gasteiger partial charge in [-0.05, 0) is 43.2 Å². The second-order valence-corrected chi connectivity index (χ2v) is 7.34. The number of fused-ring (bicyclic) bond motifs is 1. The first-order valence-electron chi connectivity index (χ1n) is 9.83. The molecule has 9 heteroatoms. The number of benzene rings is 1. The van der Waals surface area contributed by atoms with E-state index in [0.717, 1.165) is 5.52 Å². The number of allylic oxidation sites excluding steroid dienone is 1. The normalized spacial score (nSPS) is 11.2. The molecule has 0 saturated heterocycles. The van der Waals surface area contributed by atoms with Crippen LogP contribution < -0.4 is 10.9 Å². The molecule has 0 spiro atoms. The Morgan fingerprint density at radius 3 is 2.87 bits per heavy atom. The first-order chi connectivity index (χ1) is 14.8. The number of likely N-dealkylation sites (N-methyl/N-ethyl adjacent to an activating group) is 1. The van der Waals surface area contributed by atoms with Crippen molar-refractivity contribution < 1.29 is 14.0 Å². The summed E-state index contributed by atoms with van der Waals surface area (Å²) in [4.78, 5) is 44.9. The lowest BCUT2D eigenvalue weighted by Crippen LogP contribution is -2.26. The molecule has 0 aliphatic heterocycles. The van der Waals surface area contributed by atoms with Crippen molar-refractivity contribution in [3.05, 3.63) is 70.8 Å². The Hall–Kier alpha value is -3.75. The second kappa shape index (κ2) is 9.84. The van der Waals surface area contributed by atoms with E-state index in [2.05, 4.69) is 15.3 Å². The molecule has 0 radical (unpaired) electrons. The van der Waals surface area contributed by atoms with Crippen LogP contribution in [0.2, 0.25) is 0 Å². The number of aromatic amines is 1. The predicted molar refractivity (Wildman–Crippen MR) is 116 cm³/mol. The number of halogens is 1. The van der Waals surface area contributed by atoms with Crippen LogP contribution in [0.5, 0.6) is 0 Å². The summed E-state index contributed by atoms with van der Waals surface area (Å²) >= 11 is 0. The van der Waals surface area contributed by atoms with Crippen LogP contribution in [0.15, 0.2) is 53.7 Å². The number of H-pyrrole nitrogens is 1. The number of nitrogens with zero attached hydrogens (tertiary/aromatic N) is 3. The SMILES string of the molecule is CN(C)C(=O)/C=C/CCCC(=O)Nc1cncn(Cc2cc3cc(F)ccc3[nH]2)c1=O. The van der Waals surface area contributed by atoms with Gasteiger partial charge in [-0.2, -0.15) is 0 Å². The fourth-order valence-corrected chi connectivity index (χ4v) is 3.01. The third-order valence-corrected chi connectivity index (χ3v) is 4.63. The highest BCUT2D eigenvalue weighted by Gasteiger charge is 2.10. The third kappa shape index (κ3) is 5.88. The van der Waals surface area contributed by atoms with Gasteiger partial charge in [-0.3, -0.25) is 19.0 Å². The number of hydrogen-bond acceptors (Lipinski definition) is 4. The monoisotopic (exact) mass is 425 g/mol. The van der Waals surface area contributed by atoms with E-state index in [0.29, 0.717) is 23.9 Å². The Balaban J connectivity index is 1.59. The zero-order chi connectivity index (χ0) is 22.4. The summed E-state index contributed by atoms with van der Waals surface area (Å²) in [6.45, 7) is 0.205. The molecule has 2 amide bonds. The third-order valence-electron chi connectivity index (χ3n) is 4.63. The van der Waals surface area contributed by atoms with Crippen molar-refractivity contribution in [1.29, 1.82) is 0 Å². The Bertz CT molecular complexity index is 1180. The molecule has 1 aromatic carbocycles. The fraction of sp³-hybridized carbons (Fsp3) is 0.273. The van der Waals surface area contributed by atoms with Gasteiger partial charge in [0.25, 0.3) is 5.56 Å². The largest absolute Gasteiger partial charge is 0.357 e. The van der Waals surface area contributed by atoms with Crippen molar-refractivity contribution in [2.75, 3.05) is 19.4 Å². The van der Waals surface area contributed by atoms with Gasteiger partial charge in [-0.25, -0.2) is 9.37 Å². The van der Waals surface area contributed by atoms with Crippen LogP contribution in [0.1, 0.15) is 25.0 Å². The molecule has 2 N–H and O–H groups in total. The number of hydrogen-bond donors (Lipinski definition) is 2. The molecule has 0 unspecified atom stereocenters. The number of aromatic nitrogens is 3. The van der Waals surface area contributed by atoms with Gasteiger partial charge in [0.15, 0.2) is 0 Å². The number of anilines is 1. The van der Waals surface area contributed by atoms with E-state index in [1.54, 1.807) is 32.3 Å². The molecule has 0 aliphatic rings. The van der Waals surface area contributed by atoms with Crippen molar-refractivity contribution in [2.45, 2.75) is 25.8 Å². The van der Waals surface area contributed by atoms with Crippen molar-refractivity contribution in [3.8, 4) is 0 Å². The summed E-state index contributed by atoms with van der Waals surface area (Å²) in [5, 5.41) is 3.30. The highest BCUT2D eigenvalue weighted by molar-refractivity contribution is 5.90. The van der Waals surface area contributed by atoms with Gasteiger partial charge < -0.3 is 15.2 Å². The topological polar surface area (TPSA) is 100 Å². The van der Waals surface area contributed by atoms with Crippen LogP contribution in [-0.4, -0.2) is 45.3 Å². The van der Waals surface area contributed by atoms with E-state index >= 15 is 0 Å². The molecule has 2 aromatic heterocycles. The fourth-order valence-electron chi connectivity index (χ4n) is 3.01. The molecule has 3 rings (SSSR count). The van der Waals surface area contributed by atoms with E-state index in [-0.39, 0.29) is 41.8 Å². The highest BCUT2D eigenvalue weighted by Crippen LogP contribution is 2.17. The number of nitrogens with one attached hydrogen (secondary N) is 2. The van der Waals surface area contributed by atoms with Crippen molar-refractivity contribution >= 4 is 28.4 Å². The molecular weight excluding hydrogens is 401 g/mol. The maximum Gasteiger partial charge on any atom is 0.277 e. The van der Waals surface area contributed by atoms with E-state index < -0.39 is 0 Å². The molecule has 31 heavy (non-hydrogen) atoms. The van der Waals surface area contributed by atoms with Gasteiger partial charge in [0, 0.05) is 37.1 Å². The van der Waals surface area contributed by atoms with Gasteiger partial charge in [-0.15, -0.1) is 0 Å². The first-order valence-corrected chi connectivity index (χ1v) is 9.83. The van der Waals surface area contributed by atoms with Crippen molar-refractivity contribution in [3.63, 3.8) is 0 Å². The predicted octanol–water partition coefficient (Wildman–Crippen LogP) is 2.67. The second-order valence-electron chi connectivity index (χ2n) is 7.34. The zero-order valence-electron chi connectivity index (χ0n) is 17.4. The summed E-state index contributed by atoms with van der Waals surface area (Å²) in [5.74, 6) is -0.744. The van der Waals surface area contributed by atoms with Crippen molar-refractivity contribution in [2.24, 2.45) is 0 Å². The lowest BCUT2D eigenvalue weighted by molar-refractivity contribution is -0.123. The molecule has 0 saturated carbocycles. The molecule has 0 bridgehead atoms. The average Bonchev–Trinajstić information content (AvgIpc) is 3.11. The lowest BCUT2D eigenvalue weighted by atomic mass is 10.2. The van der Waals surface area contributed by atoms with Crippen LogP contribution in [0, 0.1) is 5.82 Å². The minimum absolute atomic E-state index is 0.0907. The van der Waals surface area contributed by atoms with Crippen molar-refractivity contribution in [1.82, 2.24) is 19.4 Å². The molecule has 0 aliphatic carbocycles. The van der Waals surface area contributed by atoms with Crippen LogP contribution in [-0.2, 0) is 16.1 Å². The summed E-state index contributed by atoms with van der Waals surface area (Å²) < 4.78 is 14.7. The van der Waals surface area contributed by atoms with Crippen LogP contribution in [0.3, 0.4) is 0 Å². The maximum atomic E-state index is 13.4. The van der Waals surface area contributed by atoms with Gasteiger partial charge in [0.1, 0.15) is 11.5 Å². The molecular formula is C22H24FN5O3. The Morgan fingerprint density at radius 2 is 2.10 bits per heavy atom. The average molecular weight is 425 g/mol. The van der Waals surface area contributed by atoms with Crippen LogP contribution in [0.4, 0.5) is 10.1 Å². The zero-order valence-corrected chi connectivity index (χ0v) is 17.4. The number of rotatable bonds is 8. The summed E-state index contributed by atoms with van der Waals surface area (Å²) in [6, 6.07) is 6.18. The molecule has 2 heterocycles. The molecule has 0 atom stereocenters. The highest BCUT2D eigenvalue weighted by atomic mass is 19.1. The number of carbonyl (C=O) groups is 2. The Labute approximate surface area is 178 Å². The maximum absolute atomic E-state index is 13.4. The Morgan fingerprint density at radius 1 is 1.29 bits per heavy atom. The van der Waals surface area contributed by atoms with E-state index in [9.17, 15) is 18.8 Å². The minimum atomic E-state index is -0.385. The summed E-state index contributed by atoms with van der Waals surface area (Å²) in [5.41, 5.74) is 1.19. The number of amides is 2. The lowest BCUT2D eigenvalue weighted by Gasteiger charge is -2.08. The Kier molecular flexibility index (Phi) is 6.96. The van der Waals surface area contributed by atoms with E-state index in [1.165, 1.54) is 40.2 Å². The van der Waals surface area contributed by atoms with E-state index in [4.69, 9.17) is 0 Å². The van der Waals surface area contributed by atoms with Gasteiger partial charge >= 0.3 is 0 Å². The number of unbranched alkanes of at least 4 members (excludes halogenated alkanes) is 1. The molecule has 3 aromatic rings. The molecule has 0 fully saturated rings. The molecule has 162 valence electrons. The standard InChI is InChI=1S/C22H24FN5O3/c1-27(2)21(30)7-5-3-4-6-20(29)26-19-12-24-14-28(22(19)31)13-17-11-15-10-16(23)8-9-18(15)25-17/h5,7-12,14,25H,3-4,6,13H2,1-2H3,(H,26,29)/b7-5+. The van der Waals surface area contributed by atoms with Gasteiger partial charge in [0.2, 0.25) is 11.8 Å². The van der Waals surface area contributed by atoms with Crippen LogP contribution >= 0.6 is 0 Å². The minimum Gasteiger partial charge on any atom is -0.357 e. The van der Waals surface area contributed by atoms with Gasteiger partial charge in [0.05, 0.1) is 19.1 Å². The first kappa shape index (κ1) is 21.9. The van der Waals surface area contributed by atoms with Crippen LogP contribution in [0.25, 0.3) is 10.9 Å². The summed E-state index contributed by atoms with van der Waals surface area (Å²) in [6.07, 6.45) is 7.22. The summed E-state index contributed by atoms with van der Waals surface area (Å²) in [7, 11) is 3.33. The number of carbonyl (C=O) groups excluding carboxylic acids is 2. The van der Waals surface area contributed by atoms with E-state index in [1.807, 2.05) is 0 Å². The molecule has 8 nitrogen and oxygen atoms in total. The smallest absolute Gasteiger partial charge is 0.277 e. The quantitative estimate of drug-likeness (QED) is 0.428. The van der Waals surface area contributed by atoms with Gasteiger partial charge in [-0.1, -0.05) is 6.08 Å².